The van der Waals surface area contributed by atoms with Gasteiger partial charge >= 0.3 is 5.97 Å². The van der Waals surface area contributed by atoms with Crippen LogP contribution in [-0.2, 0) is 0 Å². The second kappa shape index (κ2) is 7.70. The molecule has 7 heteroatoms. The maximum Gasteiger partial charge on any atom is 0.343 e. The highest BCUT2D eigenvalue weighted by atomic mass is 35.5. The topological polar surface area (TPSA) is 52.6 Å². The van der Waals surface area contributed by atoms with Crippen LogP contribution in [0.4, 0.5) is 4.39 Å². The van der Waals surface area contributed by atoms with Crippen molar-refractivity contribution < 1.29 is 23.5 Å². The molecular weight excluding hydrogens is 418 g/mol. The predicted octanol–water partition coefficient (Wildman–Crippen LogP) is 5.97. The molecule has 0 unspecified atom stereocenters. The lowest BCUT2D eigenvalue weighted by molar-refractivity contribution is 0.0734. The van der Waals surface area contributed by atoms with E-state index in [1.807, 2.05) is 0 Å². The average molecular weight is 429 g/mol. The summed E-state index contributed by atoms with van der Waals surface area (Å²) in [6.07, 6.45) is 1.55. The molecule has 0 spiro atoms. The van der Waals surface area contributed by atoms with Gasteiger partial charge in [-0.1, -0.05) is 29.3 Å². The van der Waals surface area contributed by atoms with E-state index in [0.717, 1.165) is 0 Å². The molecule has 29 heavy (non-hydrogen) atoms. The zero-order valence-electron chi connectivity index (χ0n) is 14.6. The molecule has 0 N–H and O–H groups in total. The highest BCUT2D eigenvalue weighted by molar-refractivity contribution is 6.42. The van der Waals surface area contributed by atoms with Crippen molar-refractivity contribution in [2.75, 3.05) is 0 Å². The summed E-state index contributed by atoms with van der Waals surface area (Å²) in [6.45, 7) is 0. The molecule has 144 valence electrons. The lowest BCUT2D eigenvalue weighted by Crippen LogP contribution is -2.08. The van der Waals surface area contributed by atoms with Crippen molar-refractivity contribution in [3.8, 4) is 11.5 Å². The lowest BCUT2D eigenvalue weighted by atomic mass is 10.1. The zero-order valence-corrected chi connectivity index (χ0v) is 16.1. The number of hydrogen-bond donors (Lipinski definition) is 0. The van der Waals surface area contributed by atoms with E-state index >= 15 is 0 Å². The molecule has 3 aromatic rings. The van der Waals surface area contributed by atoms with Gasteiger partial charge in [0.15, 0.2) is 5.76 Å². The quantitative estimate of drug-likeness (QED) is 0.293. The van der Waals surface area contributed by atoms with Gasteiger partial charge in [-0.2, -0.15) is 0 Å². The fraction of sp³-hybridized carbons (Fsp3) is 0. The summed E-state index contributed by atoms with van der Waals surface area (Å²) in [5, 5.41) is 0.766. The number of ketones is 1. The Labute approximate surface area is 175 Å². The first kappa shape index (κ1) is 19.2. The molecule has 0 radical (unpaired) electrons. The Morgan fingerprint density at radius 2 is 1.72 bits per heavy atom. The predicted molar refractivity (Wildman–Crippen MR) is 107 cm³/mol. The van der Waals surface area contributed by atoms with Crippen LogP contribution in [-0.4, -0.2) is 11.8 Å². The van der Waals surface area contributed by atoms with Crippen molar-refractivity contribution in [1.29, 1.82) is 0 Å². The molecule has 0 saturated heterocycles. The molecule has 0 aliphatic carbocycles. The lowest BCUT2D eigenvalue weighted by Gasteiger charge is -2.05. The highest BCUT2D eigenvalue weighted by Gasteiger charge is 2.28. The maximum atomic E-state index is 13.0. The number of fused-ring (bicyclic) bond motifs is 1. The molecular formula is C22H11Cl2FO4. The number of hydrogen-bond acceptors (Lipinski definition) is 4. The van der Waals surface area contributed by atoms with Crippen molar-refractivity contribution >= 4 is 41.0 Å². The van der Waals surface area contributed by atoms with Gasteiger partial charge in [0.2, 0.25) is 5.78 Å². The van der Waals surface area contributed by atoms with Gasteiger partial charge in [0.1, 0.15) is 17.3 Å². The maximum absolute atomic E-state index is 13.0. The minimum absolute atomic E-state index is 0.111. The van der Waals surface area contributed by atoms with Crippen LogP contribution in [0.1, 0.15) is 26.3 Å². The molecule has 4 rings (SSSR count). The van der Waals surface area contributed by atoms with Crippen molar-refractivity contribution in [2.24, 2.45) is 0 Å². The van der Waals surface area contributed by atoms with E-state index in [4.69, 9.17) is 32.7 Å². The number of rotatable bonds is 3. The van der Waals surface area contributed by atoms with Crippen LogP contribution in [0.15, 0.2) is 66.4 Å². The van der Waals surface area contributed by atoms with Gasteiger partial charge in [-0.05, 0) is 60.2 Å². The minimum atomic E-state index is -0.652. The van der Waals surface area contributed by atoms with E-state index in [1.54, 1.807) is 24.3 Å². The Hall–Kier alpha value is -3.15. The Bertz CT molecular complexity index is 1170. The van der Waals surface area contributed by atoms with Crippen LogP contribution in [0.3, 0.4) is 0 Å². The smallest absolute Gasteiger partial charge is 0.343 e. The summed E-state index contributed by atoms with van der Waals surface area (Å²) in [6, 6.07) is 14.4. The van der Waals surface area contributed by atoms with Crippen molar-refractivity contribution in [2.45, 2.75) is 0 Å². The van der Waals surface area contributed by atoms with Gasteiger partial charge in [0, 0.05) is 6.07 Å². The van der Waals surface area contributed by atoms with E-state index in [-0.39, 0.29) is 28.6 Å². The Kier molecular flexibility index (Phi) is 5.09. The number of allylic oxidation sites excluding steroid dienone is 1. The highest BCUT2D eigenvalue weighted by Crippen LogP contribution is 2.35. The van der Waals surface area contributed by atoms with Gasteiger partial charge in [-0.3, -0.25) is 4.79 Å². The number of ether oxygens (including phenoxy) is 2. The molecule has 0 atom stereocenters. The summed E-state index contributed by atoms with van der Waals surface area (Å²) in [7, 11) is 0. The molecule has 0 amide bonds. The first-order valence-electron chi connectivity index (χ1n) is 8.42. The third-order valence-corrected chi connectivity index (χ3v) is 4.91. The fourth-order valence-electron chi connectivity index (χ4n) is 2.74. The monoisotopic (exact) mass is 428 g/mol. The van der Waals surface area contributed by atoms with Gasteiger partial charge in [0.05, 0.1) is 21.2 Å². The summed E-state index contributed by atoms with van der Waals surface area (Å²) < 4.78 is 23.9. The van der Waals surface area contributed by atoms with Crippen LogP contribution in [0.25, 0.3) is 6.08 Å². The summed E-state index contributed by atoms with van der Waals surface area (Å²) in [4.78, 5) is 24.7. The Balaban J connectivity index is 1.55. The zero-order chi connectivity index (χ0) is 20.5. The van der Waals surface area contributed by atoms with Crippen LogP contribution in [0.2, 0.25) is 10.0 Å². The van der Waals surface area contributed by atoms with Crippen LogP contribution in [0, 0.1) is 5.82 Å². The van der Waals surface area contributed by atoms with E-state index < -0.39 is 11.8 Å². The van der Waals surface area contributed by atoms with Gasteiger partial charge < -0.3 is 9.47 Å². The Morgan fingerprint density at radius 1 is 0.966 bits per heavy atom. The van der Waals surface area contributed by atoms with Crippen LogP contribution in [0.5, 0.6) is 11.5 Å². The summed E-state index contributed by atoms with van der Waals surface area (Å²) in [5.74, 6) is -0.830. The van der Waals surface area contributed by atoms with Crippen molar-refractivity contribution in [3.05, 3.63) is 99.0 Å². The SMILES string of the molecule is O=C(Oc1ccc2c(c1)O/C(=C\c1ccc(Cl)c(Cl)c1)C2=O)c1ccc(F)cc1. The van der Waals surface area contributed by atoms with Crippen molar-refractivity contribution in [1.82, 2.24) is 0 Å². The molecule has 0 aromatic heterocycles. The summed E-state index contributed by atoms with van der Waals surface area (Å²) >= 11 is 11.9. The average Bonchev–Trinajstić information content (AvgIpc) is 3.00. The largest absolute Gasteiger partial charge is 0.452 e. The second-order valence-electron chi connectivity index (χ2n) is 6.17. The third-order valence-electron chi connectivity index (χ3n) is 4.17. The summed E-state index contributed by atoms with van der Waals surface area (Å²) in [5.41, 5.74) is 1.19. The van der Waals surface area contributed by atoms with Crippen molar-refractivity contribution in [3.63, 3.8) is 0 Å². The third kappa shape index (κ3) is 4.01. The minimum Gasteiger partial charge on any atom is -0.452 e. The molecule has 3 aromatic carbocycles. The van der Waals surface area contributed by atoms with E-state index in [2.05, 4.69) is 0 Å². The molecule has 4 nitrogen and oxygen atoms in total. The number of Topliss-reactive ketones (excluding diaryl/α,β-unsaturated/α-hetero) is 1. The fourth-order valence-corrected chi connectivity index (χ4v) is 3.04. The van der Waals surface area contributed by atoms with Crippen LogP contribution >= 0.6 is 23.2 Å². The van der Waals surface area contributed by atoms with E-state index in [1.165, 1.54) is 42.5 Å². The second-order valence-corrected chi connectivity index (χ2v) is 6.98. The van der Waals surface area contributed by atoms with Gasteiger partial charge in [-0.15, -0.1) is 0 Å². The van der Waals surface area contributed by atoms with E-state index in [0.29, 0.717) is 21.2 Å². The number of carbonyl (C=O) groups is 2. The first-order chi connectivity index (χ1) is 13.9. The molecule has 1 aliphatic rings. The number of benzene rings is 3. The number of carbonyl (C=O) groups excluding carboxylic acids is 2. The molecule has 0 fully saturated rings. The van der Waals surface area contributed by atoms with Gasteiger partial charge in [-0.25, -0.2) is 9.18 Å². The molecule has 1 heterocycles. The molecule has 0 saturated carbocycles. The normalized spacial score (nSPS) is 13.9. The van der Waals surface area contributed by atoms with Crippen LogP contribution < -0.4 is 9.47 Å². The first-order valence-corrected chi connectivity index (χ1v) is 9.17. The number of halogens is 3. The Morgan fingerprint density at radius 3 is 2.45 bits per heavy atom. The van der Waals surface area contributed by atoms with Gasteiger partial charge in [0.25, 0.3) is 0 Å². The van der Waals surface area contributed by atoms with E-state index in [9.17, 15) is 14.0 Å². The molecule has 1 aliphatic heterocycles. The number of esters is 1. The molecule has 0 bridgehead atoms. The standard InChI is InChI=1S/C22H11Cl2FO4/c23-17-8-1-12(9-18(17)24)10-20-21(26)16-7-6-15(11-19(16)29-20)28-22(27)13-2-4-14(25)5-3-13/h1-11H/b20-10-.